The van der Waals surface area contributed by atoms with Crippen LogP contribution in [0.5, 0.6) is 0 Å². The Bertz CT molecular complexity index is 1390. The van der Waals surface area contributed by atoms with Gasteiger partial charge in [-0.05, 0) is 43.0 Å². The van der Waals surface area contributed by atoms with Crippen molar-refractivity contribution in [3.8, 4) is 22.5 Å². The molecule has 1 fully saturated rings. The van der Waals surface area contributed by atoms with Crippen molar-refractivity contribution in [1.82, 2.24) is 19.7 Å². The molecule has 0 saturated heterocycles. The average molecular weight is 469 g/mol. The lowest BCUT2D eigenvalue weighted by Crippen LogP contribution is -2.25. The van der Waals surface area contributed by atoms with Gasteiger partial charge in [0.25, 0.3) is 5.91 Å². The first-order valence-electron chi connectivity index (χ1n) is 11.8. The van der Waals surface area contributed by atoms with E-state index in [0.29, 0.717) is 34.6 Å². The van der Waals surface area contributed by atoms with Crippen molar-refractivity contribution in [2.45, 2.75) is 32.7 Å². The number of nitrogens with two attached hydrogens (primary N) is 1. The van der Waals surface area contributed by atoms with Gasteiger partial charge in [-0.2, -0.15) is 0 Å². The largest absolute Gasteiger partial charge is 0.367 e. The first kappa shape index (κ1) is 22.6. The minimum absolute atomic E-state index is 0.0387. The van der Waals surface area contributed by atoms with E-state index in [1.165, 1.54) is 0 Å². The number of anilines is 1. The zero-order valence-corrected chi connectivity index (χ0v) is 19.8. The summed E-state index contributed by atoms with van der Waals surface area (Å²) in [5, 5.41) is 6.44. The summed E-state index contributed by atoms with van der Waals surface area (Å²) in [6, 6.07) is 15.0. The van der Waals surface area contributed by atoms with Gasteiger partial charge in [0.15, 0.2) is 11.5 Å². The van der Waals surface area contributed by atoms with Crippen LogP contribution < -0.4 is 16.4 Å². The molecule has 1 aliphatic carbocycles. The molecule has 0 unspecified atom stereocenters. The Morgan fingerprint density at radius 1 is 1.03 bits per heavy atom. The van der Waals surface area contributed by atoms with Crippen LogP contribution >= 0.6 is 0 Å². The van der Waals surface area contributed by atoms with E-state index in [1.54, 1.807) is 12.1 Å². The van der Waals surface area contributed by atoms with Gasteiger partial charge in [0.05, 0.1) is 17.6 Å². The van der Waals surface area contributed by atoms with Crippen LogP contribution in [0.4, 0.5) is 5.82 Å². The molecule has 2 heterocycles. The van der Waals surface area contributed by atoms with E-state index in [2.05, 4.69) is 29.5 Å². The zero-order valence-electron chi connectivity index (χ0n) is 19.8. The maximum atomic E-state index is 12.4. The predicted molar refractivity (Wildman–Crippen MR) is 136 cm³/mol. The summed E-state index contributed by atoms with van der Waals surface area (Å²) in [5.74, 6) is 0.606. The van der Waals surface area contributed by atoms with E-state index in [4.69, 9.17) is 10.7 Å². The molecule has 4 aromatic rings. The Hall–Kier alpha value is -4.20. The Balaban J connectivity index is 1.54. The molecule has 0 aliphatic heterocycles. The quantitative estimate of drug-likeness (QED) is 0.360. The molecule has 8 heteroatoms. The van der Waals surface area contributed by atoms with E-state index in [0.717, 1.165) is 41.9 Å². The molecule has 4 N–H and O–H groups in total. The van der Waals surface area contributed by atoms with Crippen LogP contribution in [0.15, 0.2) is 60.9 Å². The second-order valence-corrected chi connectivity index (χ2v) is 9.35. The summed E-state index contributed by atoms with van der Waals surface area (Å²) in [7, 11) is 0. The summed E-state index contributed by atoms with van der Waals surface area (Å²) in [5.41, 5.74) is 10.6. The minimum atomic E-state index is -0.467. The van der Waals surface area contributed by atoms with Gasteiger partial charge in [-0.15, -0.1) is 0 Å². The highest BCUT2D eigenvalue weighted by molar-refractivity contribution is 5.95. The van der Waals surface area contributed by atoms with Crippen molar-refractivity contribution in [2.75, 3.05) is 11.9 Å². The molecule has 5 rings (SSSR count). The van der Waals surface area contributed by atoms with Gasteiger partial charge in [0.2, 0.25) is 5.91 Å². The van der Waals surface area contributed by atoms with Crippen LogP contribution in [-0.2, 0) is 0 Å². The van der Waals surface area contributed by atoms with Gasteiger partial charge in [0, 0.05) is 41.0 Å². The van der Waals surface area contributed by atoms with Gasteiger partial charge in [-0.1, -0.05) is 38.1 Å². The van der Waals surface area contributed by atoms with Crippen LogP contribution in [0.1, 0.15) is 47.4 Å². The predicted octanol–water partition coefficient (Wildman–Crippen LogP) is 4.12. The van der Waals surface area contributed by atoms with E-state index >= 15 is 0 Å². The van der Waals surface area contributed by atoms with E-state index in [9.17, 15) is 9.59 Å². The number of nitrogens with one attached hydrogen (secondary N) is 2. The first-order valence-corrected chi connectivity index (χ1v) is 11.8. The molecule has 35 heavy (non-hydrogen) atoms. The minimum Gasteiger partial charge on any atom is -0.367 e. The Morgan fingerprint density at radius 2 is 1.69 bits per heavy atom. The van der Waals surface area contributed by atoms with E-state index in [1.807, 2.05) is 53.2 Å². The van der Waals surface area contributed by atoms with Gasteiger partial charge in [-0.3, -0.25) is 14.0 Å². The molecule has 8 nitrogen and oxygen atoms in total. The molecule has 2 aromatic carbocycles. The van der Waals surface area contributed by atoms with Crippen LogP contribution in [0.25, 0.3) is 28.2 Å². The summed E-state index contributed by atoms with van der Waals surface area (Å²) in [6.07, 6.45) is 5.86. The fraction of sp³-hybridized carbons (Fsp3) is 0.259. The monoisotopic (exact) mass is 468 g/mol. The second-order valence-electron chi connectivity index (χ2n) is 9.35. The Labute approximate surface area is 203 Å². The normalized spacial score (nSPS) is 13.2. The number of carbonyl (C=O) groups is 2. The molecule has 0 spiro atoms. The van der Waals surface area contributed by atoms with Crippen molar-refractivity contribution < 1.29 is 9.59 Å². The summed E-state index contributed by atoms with van der Waals surface area (Å²) >= 11 is 0. The summed E-state index contributed by atoms with van der Waals surface area (Å²) < 4.78 is 2.01. The average Bonchev–Trinajstić information content (AvgIpc) is 3.57. The molecule has 0 atom stereocenters. The lowest BCUT2D eigenvalue weighted by Gasteiger charge is -2.13. The molecule has 2 amide bonds. The second kappa shape index (κ2) is 9.21. The summed E-state index contributed by atoms with van der Waals surface area (Å²) in [4.78, 5) is 33.3. The van der Waals surface area contributed by atoms with Gasteiger partial charge < -0.3 is 16.4 Å². The molecule has 0 radical (unpaired) electrons. The number of hydrogen-bond donors (Lipinski definition) is 3. The highest BCUT2D eigenvalue weighted by Gasteiger charge is 2.23. The number of carbonyl (C=O) groups excluding carboxylic acids is 2. The fourth-order valence-electron chi connectivity index (χ4n) is 3.85. The van der Waals surface area contributed by atoms with Crippen molar-refractivity contribution in [2.24, 2.45) is 11.7 Å². The number of fused-ring (bicyclic) bond motifs is 1. The fourth-order valence-corrected chi connectivity index (χ4v) is 3.85. The number of primary amides is 1. The van der Waals surface area contributed by atoms with Crippen molar-refractivity contribution in [1.29, 1.82) is 0 Å². The highest BCUT2D eigenvalue weighted by Crippen LogP contribution is 2.28. The highest BCUT2D eigenvalue weighted by atomic mass is 16.2. The maximum Gasteiger partial charge on any atom is 0.251 e. The van der Waals surface area contributed by atoms with Crippen LogP contribution in [0.3, 0.4) is 0 Å². The number of hydrogen-bond acceptors (Lipinski definition) is 5. The van der Waals surface area contributed by atoms with Crippen LogP contribution in [0.2, 0.25) is 0 Å². The van der Waals surface area contributed by atoms with Crippen LogP contribution in [0, 0.1) is 5.92 Å². The molecule has 1 saturated carbocycles. The topological polar surface area (TPSA) is 114 Å². The molecular weight excluding hydrogens is 440 g/mol. The number of imidazole rings is 1. The van der Waals surface area contributed by atoms with Crippen molar-refractivity contribution in [3.05, 3.63) is 72.1 Å². The molecular formula is C27H28N6O2. The number of nitrogens with zero attached hydrogens (tertiary/aromatic N) is 3. The third-order valence-electron chi connectivity index (χ3n) is 5.99. The van der Waals surface area contributed by atoms with E-state index in [-0.39, 0.29) is 5.91 Å². The summed E-state index contributed by atoms with van der Waals surface area (Å²) in [6.45, 7) is 5.02. The lowest BCUT2D eigenvalue weighted by atomic mass is 10.1. The number of aromatic nitrogens is 3. The number of benzene rings is 2. The molecule has 1 aliphatic rings. The van der Waals surface area contributed by atoms with Gasteiger partial charge in [-0.25, -0.2) is 9.97 Å². The molecule has 0 bridgehead atoms. The third-order valence-corrected chi connectivity index (χ3v) is 5.99. The van der Waals surface area contributed by atoms with Gasteiger partial charge >= 0.3 is 0 Å². The third kappa shape index (κ3) is 4.87. The van der Waals surface area contributed by atoms with Crippen molar-refractivity contribution in [3.63, 3.8) is 0 Å². The van der Waals surface area contributed by atoms with Crippen LogP contribution in [-0.4, -0.2) is 38.8 Å². The maximum absolute atomic E-state index is 12.4. The lowest BCUT2D eigenvalue weighted by molar-refractivity contribution is 0.0949. The van der Waals surface area contributed by atoms with E-state index < -0.39 is 5.91 Å². The zero-order chi connectivity index (χ0) is 24.5. The molecule has 2 aromatic heterocycles. The standard InChI is InChI=1S/C27H28N6O2/c1-16(2)13-29-25-26-30-14-23(18-5-9-20(10-6-18)27(35)31-21-11-12-21)33(26)15-22(32-25)17-3-7-19(8-4-17)24(28)34/h3-10,14-16,21H,11-13H2,1-2H3,(H2,28,34)(H,29,32)(H,31,35). The smallest absolute Gasteiger partial charge is 0.251 e. The molecule has 178 valence electrons. The van der Waals surface area contributed by atoms with Gasteiger partial charge in [0.1, 0.15) is 0 Å². The number of amides is 2. The van der Waals surface area contributed by atoms with Crippen molar-refractivity contribution >= 4 is 23.3 Å². The SMILES string of the molecule is CC(C)CNc1nc(-c2ccc(C(N)=O)cc2)cn2c(-c3ccc(C(=O)NC4CC4)cc3)cnc12. The Kier molecular flexibility index (Phi) is 5.94. The number of rotatable bonds is 8. The first-order chi connectivity index (χ1) is 16.9. The Morgan fingerprint density at radius 3 is 2.31 bits per heavy atom.